The molecule has 0 atom stereocenters. The van der Waals surface area contributed by atoms with Crippen molar-refractivity contribution < 1.29 is 9.59 Å². The van der Waals surface area contributed by atoms with Gasteiger partial charge >= 0.3 is 0 Å². The highest BCUT2D eigenvalue weighted by atomic mass is 16.2. The second kappa shape index (κ2) is 9.70. The molecule has 0 heterocycles. The van der Waals surface area contributed by atoms with Gasteiger partial charge in [0.15, 0.2) is 0 Å². The maximum absolute atomic E-state index is 13.2. The zero-order valence-electron chi connectivity index (χ0n) is 17.4. The summed E-state index contributed by atoms with van der Waals surface area (Å²) in [7, 11) is 4.03. The van der Waals surface area contributed by atoms with Crippen LogP contribution in [0.3, 0.4) is 0 Å². The van der Waals surface area contributed by atoms with Crippen molar-refractivity contribution >= 4 is 17.5 Å². The van der Waals surface area contributed by atoms with Gasteiger partial charge in [-0.25, -0.2) is 0 Å². The van der Waals surface area contributed by atoms with Gasteiger partial charge in [-0.2, -0.15) is 0 Å². The fourth-order valence-corrected chi connectivity index (χ4v) is 4.04. The van der Waals surface area contributed by atoms with Gasteiger partial charge in [0, 0.05) is 17.8 Å². The van der Waals surface area contributed by atoms with Gasteiger partial charge < -0.3 is 15.5 Å². The van der Waals surface area contributed by atoms with E-state index in [2.05, 4.69) is 27.7 Å². The van der Waals surface area contributed by atoms with Crippen molar-refractivity contribution in [2.45, 2.75) is 37.5 Å². The van der Waals surface area contributed by atoms with Crippen molar-refractivity contribution in [2.24, 2.45) is 0 Å². The van der Waals surface area contributed by atoms with Crippen LogP contribution in [0, 0.1) is 0 Å². The lowest BCUT2D eigenvalue weighted by Gasteiger charge is -2.28. The highest BCUT2D eigenvalue weighted by Crippen LogP contribution is 2.42. The molecule has 0 aliphatic heterocycles. The zero-order chi connectivity index (χ0) is 20.7. The van der Waals surface area contributed by atoms with E-state index in [0.717, 1.165) is 49.9 Å². The average molecular weight is 394 g/mol. The zero-order valence-corrected chi connectivity index (χ0v) is 17.4. The number of nitrogens with zero attached hydrogens (tertiary/aromatic N) is 1. The van der Waals surface area contributed by atoms with Crippen LogP contribution in [0.2, 0.25) is 0 Å². The number of carbonyl (C=O) groups is 2. The Hall–Kier alpha value is -2.66. The third-order valence-electron chi connectivity index (χ3n) is 5.69. The van der Waals surface area contributed by atoms with E-state index in [1.54, 1.807) is 24.3 Å². The molecule has 0 radical (unpaired) electrons. The summed E-state index contributed by atoms with van der Waals surface area (Å²) in [5.74, 6) is -0.0414. The van der Waals surface area contributed by atoms with E-state index in [4.69, 9.17) is 0 Å². The summed E-state index contributed by atoms with van der Waals surface area (Å²) >= 11 is 0. The molecule has 5 nitrogen and oxygen atoms in total. The number of anilines is 1. The Bertz CT molecular complexity index is 810. The third kappa shape index (κ3) is 5.24. The van der Waals surface area contributed by atoms with Crippen LogP contribution >= 0.6 is 0 Å². The van der Waals surface area contributed by atoms with Crippen molar-refractivity contribution in [3.8, 4) is 0 Å². The molecule has 2 aromatic carbocycles. The van der Waals surface area contributed by atoms with Crippen LogP contribution in [0.5, 0.6) is 0 Å². The lowest BCUT2D eigenvalue weighted by molar-refractivity contribution is -0.121. The minimum absolute atomic E-state index is 0.0436. The van der Waals surface area contributed by atoms with Gasteiger partial charge in [-0.15, -0.1) is 0 Å². The van der Waals surface area contributed by atoms with Crippen molar-refractivity contribution in [2.75, 3.05) is 32.5 Å². The predicted molar refractivity (Wildman–Crippen MR) is 117 cm³/mol. The summed E-state index contributed by atoms with van der Waals surface area (Å²) in [6.07, 6.45) is 4.78. The lowest BCUT2D eigenvalue weighted by Crippen LogP contribution is -2.38. The Kier molecular flexibility index (Phi) is 7.04. The monoisotopic (exact) mass is 393 g/mol. The summed E-state index contributed by atoms with van der Waals surface area (Å²) in [5, 5.41) is 6.01. The van der Waals surface area contributed by atoms with E-state index >= 15 is 0 Å². The predicted octanol–water partition coefficient (Wildman–Crippen LogP) is 3.82. The molecule has 5 heteroatoms. The molecular weight excluding hydrogens is 362 g/mol. The first kappa shape index (κ1) is 21.1. The van der Waals surface area contributed by atoms with Crippen LogP contribution in [-0.2, 0) is 10.2 Å². The Morgan fingerprint density at radius 1 is 0.966 bits per heavy atom. The molecule has 0 spiro atoms. The number of rotatable bonds is 8. The first-order chi connectivity index (χ1) is 14.0. The molecule has 2 amide bonds. The maximum Gasteiger partial charge on any atom is 0.251 e. The van der Waals surface area contributed by atoms with Crippen molar-refractivity contribution in [3.05, 3.63) is 65.7 Å². The van der Waals surface area contributed by atoms with Gasteiger partial charge in [-0.1, -0.05) is 43.2 Å². The number of benzene rings is 2. The van der Waals surface area contributed by atoms with E-state index in [0.29, 0.717) is 12.1 Å². The fourth-order valence-electron chi connectivity index (χ4n) is 4.04. The van der Waals surface area contributed by atoms with Gasteiger partial charge in [0.2, 0.25) is 5.91 Å². The first-order valence-corrected chi connectivity index (χ1v) is 10.4. The summed E-state index contributed by atoms with van der Waals surface area (Å²) in [6, 6.07) is 17.2. The second-order valence-electron chi connectivity index (χ2n) is 8.10. The molecule has 2 aromatic rings. The SMILES string of the molecule is CN(C)CCCNC(=O)c1ccc(NC(=O)C2(c3ccccc3)CCCC2)cc1. The lowest BCUT2D eigenvalue weighted by atomic mass is 9.78. The number of hydrogen-bond donors (Lipinski definition) is 2. The number of hydrogen-bond acceptors (Lipinski definition) is 3. The highest BCUT2D eigenvalue weighted by molar-refractivity contribution is 6.00. The molecule has 1 saturated carbocycles. The van der Waals surface area contributed by atoms with E-state index in [1.807, 2.05) is 32.3 Å². The summed E-state index contributed by atoms with van der Waals surface area (Å²) in [4.78, 5) is 27.5. The van der Waals surface area contributed by atoms with E-state index in [-0.39, 0.29) is 11.8 Å². The molecule has 1 fully saturated rings. The van der Waals surface area contributed by atoms with Gasteiger partial charge in [0.25, 0.3) is 5.91 Å². The minimum atomic E-state index is -0.455. The van der Waals surface area contributed by atoms with Gasteiger partial charge in [0.05, 0.1) is 5.41 Å². The van der Waals surface area contributed by atoms with Crippen molar-refractivity contribution in [1.82, 2.24) is 10.2 Å². The molecule has 3 rings (SSSR count). The molecule has 2 N–H and O–H groups in total. The Balaban J connectivity index is 1.61. The molecular formula is C24H31N3O2. The maximum atomic E-state index is 13.2. The van der Waals surface area contributed by atoms with E-state index in [9.17, 15) is 9.59 Å². The number of amides is 2. The fraction of sp³-hybridized carbons (Fsp3) is 0.417. The van der Waals surface area contributed by atoms with Crippen LogP contribution in [-0.4, -0.2) is 43.9 Å². The van der Waals surface area contributed by atoms with Crippen molar-refractivity contribution in [3.63, 3.8) is 0 Å². The summed E-state index contributed by atoms with van der Waals surface area (Å²) < 4.78 is 0. The van der Waals surface area contributed by atoms with Gasteiger partial charge in [-0.05, 0) is 69.7 Å². The van der Waals surface area contributed by atoms with Crippen LogP contribution in [0.25, 0.3) is 0 Å². The molecule has 0 unspecified atom stereocenters. The molecule has 1 aliphatic carbocycles. The number of carbonyl (C=O) groups excluding carboxylic acids is 2. The van der Waals surface area contributed by atoms with Gasteiger partial charge in [0.1, 0.15) is 0 Å². The normalized spacial score (nSPS) is 15.3. The summed E-state index contributed by atoms with van der Waals surface area (Å²) in [5.41, 5.74) is 1.96. The number of nitrogens with one attached hydrogen (secondary N) is 2. The average Bonchev–Trinajstić information content (AvgIpc) is 3.23. The van der Waals surface area contributed by atoms with Crippen LogP contribution in [0.15, 0.2) is 54.6 Å². The van der Waals surface area contributed by atoms with Crippen molar-refractivity contribution in [1.29, 1.82) is 0 Å². The van der Waals surface area contributed by atoms with Crippen LogP contribution in [0.1, 0.15) is 48.0 Å². The highest BCUT2D eigenvalue weighted by Gasteiger charge is 2.42. The largest absolute Gasteiger partial charge is 0.352 e. The molecule has 0 bridgehead atoms. The second-order valence-corrected chi connectivity index (χ2v) is 8.10. The molecule has 1 aliphatic rings. The third-order valence-corrected chi connectivity index (χ3v) is 5.69. The minimum Gasteiger partial charge on any atom is -0.352 e. The molecule has 154 valence electrons. The van der Waals surface area contributed by atoms with Gasteiger partial charge in [-0.3, -0.25) is 9.59 Å². The smallest absolute Gasteiger partial charge is 0.251 e. The molecule has 0 saturated heterocycles. The summed E-state index contributed by atoms with van der Waals surface area (Å²) in [6.45, 7) is 1.59. The Morgan fingerprint density at radius 2 is 1.62 bits per heavy atom. The Labute approximate surface area is 173 Å². The quantitative estimate of drug-likeness (QED) is 0.670. The molecule has 0 aromatic heterocycles. The molecule has 29 heavy (non-hydrogen) atoms. The van der Waals surface area contributed by atoms with Crippen LogP contribution in [0.4, 0.5) is 5.69 Å². The Morgan fingerprint density at radius 3 is 2.24 bits per heavy atom. The standard InChI is InChI=1S/C24H31N3O2/c1-27(2)18-8-17-25-22(28)19-11-13-21(14-12-19)26-23(29)24(15-6-7-16-24)20-9-4-3-5-10-20/h3-5,9-14H,6-8,15-18H2,1-2H3,(H,25,28)(H,26,29). The van der Waals surface area contributed by atoms with E-state index in [1.165, 1.54) is 0 Å². The van der Waals surface area contributed by atoms with Crippen LogP contribution < -0.4 is 10.6 Å². The topological polar surface area (TPSA) is 61.4 Å². The first-order valence-electron chi connectivity index (χ1n) is 10.4. The van der Waals surface area contributed by atoms with E-state index < -0.39 is 5.41 Å².